The highest BCUT2D eigenvalue weighted by Crippen LogP contribution is 2.43. The maximum absolute atomic E-state index is 13.4. The quantitative estimate of drug-likeness (QED) is 0.759. The molecule has 1 aliphatic heterocycles. The van der Waals surface area contributed by atoms with Gasteiger partial charge >= 0.3 is 13.3 Å². The maximum Gasteiger partial charge on any atom is 0.495 e. The molecule has 0 bridgehead atoms. The summed E-state index contributed by atoms with van der Waals surface area (Å²) in [4.78, 5) is 0. The third-order valence-corrected chi connectivity index (χ3v) is 5.33. The molecular formula is C17H22BF3O2. The zero-order chi connectivity index (χ0) is 17.2. The number of halogens is 3. The Labute approximate surface area is 135 Å². The third kappa shape index (κ3) is 2.91. The first-order chi connectivity index (χ1) is 10.4. The summed E-state index contributed by atoms with van der Waals surface area (Å²) >= 11 is 0. The molecule has 0 atom stereocenters. The molecule has 2 aliphatic rings. The van der Waals surface area contributed by atoms with Gasteiger partial charge in [-0.25, -0.2) is 0 Å². The minimum absolute atomic E-state index is 0.195. The smallest absolute Gasteiger partial charge is 0.399 e. The molecule has 6 heteroatoms. The Morgan fingerprint density at radius 2 is 1.57 bits per heavy atom. The average molecular weight is 326 g/mol. The van der Waals surface area contributed by atoms with Crippen LogP contribution in [0.4, 0.5) is 13.2 Å². The summed E-state index contributed by atoms with van der Waals surface area (Å²) in [5.41, 5.74) is -0.282. The van der Waals surface area contributed by atoms with E-state index in [0.717, 1.165) is 18.4 Å². The summed E-state index contributed by atoms with van der Waals surface area (Å²) < 4.78 is 52.1. The van der Waals surface area contributed by atoms with E-state index in [1.54, 1.807) is 0 Å². The summed E-state index contributed by atoms with van der Waals surface area (Å²) in [5.74, 6) is 0.234. The molecule has 1 heterocycles. The first-order valence-corrected chi connectivity index (χ1v) is 8.00. The highest BCUT2D eigenvalue weighted by molar-refractivity contribution is 6.62. The van der Waals surface area contributed by atoms with Crippen molar-refractivity contribution < 1.29 is 22.5 Å². The van der Waals surface area contributed by atoms with Gasteiger partial charge in [0.2, 0.25) is 0 Å². The second-order valence-corrected chi connectivity index (χ2v) is 7.64. The molecule has 2 fully saturated rings. The summed E-state index contributed by atoms with van der Waals surface area (Å²) in [6.07, 6.45) is -2.47. The lowest BCUT2D eigenvalue weighted by Crippen LogP contribution is -2.41. The Kier molecular flexibility index (Phi) is 3.66. The van der Waals surface area contributed by atoms with Crippen LogP contribution in [0.1, 0.15) is 63.1 Å². The number of hydrogen-bond acceptors (Lipinski definition) is 2. The Hall–Kier alpha value is -1.01. The van der Waals surface area contributed by atoms with Crippen LogP contribution in [-0.4, -0.2) is 18.3 Å². The van der Waals surface area contributed by atoms with E-state index in [1.165, 1.54) is 13.0 Å². The lowest BCUT2D eigenvalue weighted by Gasteiger charge is -2.32. The normalized spacial score (nSPS) is 23.4. The number of benzene rings is 1. The van der Waals surface area contributed by atoms with Crippen molar-refractivity contribution in [2.75, 3.05) is 0 Å². The van der Waals surface area contributed by atoms with Crippen LogP contribution >= 0.6 is 0 Å². The predicted molar refractivity (Wildman–Crippen MR) is 83.9 cm³/mol. The van der Waals surface area contributed by atoms with Crippen LogP contribution in [0.5, 0.6) is 0 Å². The first kappa shape index (κ1) is 16.8. The second-order valence-electron chi connectivity index (χ2n) is 7.64. The second kappa shape index (κ2) is 4.99. The standard InChI is InChI=1S/C17H22BF3O2/c1-10-13(17(19,20)21)8-12(11-6-7-11)9-14(10)18-22-15(2,3)16(4,5)23-18/h8-9,11H,6-7H2,1-5H3. The molecule has 1 aliphatic carbocycles. The summed E-state index contributed by atoms with van der Waals surface area (Å²) in [7, 11) is -0.764. The molecule has 0 radical (unpaired) electrons. The van der Waals surface area contributed by atoms with Crippen molar-refractivity contribution in [2.45, 2.75) is 70.8 Å². The average Bonchev–Trinajstić information content (AvgIpc) is 3.17. The van der Waals surface area contributed by atoms with Gasteiger partial charge in [-0.3, -0.25) is 0 Å². The van der Waals surface area contributed by atoms with Crippen molar-refractivity contribution in [1.29, 1.82) is 0 Å². The maximum atomic E-state index is 13.4. The van der Waals surface area contributed by atoms with E-state index < -0.39 is 30.1 Å². The van der Waals surface area contributed by atoms with E-state index in [9.17, 15) is 13.2 Å². The van der Waals surface area contributed by atoms with E-state index in [0.29, 0.717) is 5.46 Å². The fourth-order valence-corrected chi connectivity index (χ4v) is 2.92. The van der Waals surface area contributed by atoms with Crippen LogP contribution in [0.3, 0.4) is 0 Å². The predicted octanol–water partition coefficient (Wildman–Crippen LogP) is 4.19. The monoisotopic (exact) mass is 326 g/mol. The van der Waals surface area contributed by atoms with Crippen molar-refractivity contribution >= 4 is 12.6 Å². The van der Waals surface area contributed by atoms with Gasteiger partial charge in [-0.05, 0) is 76.0 Å². The molecule has 0 unspecified atom stereocenters. The van der Waals surface area contributed by atoms with Crippen molar-refractivity contribution in [1.82, 2.24) is 0 Å². The highest BCUT2D eigenvalue weighted by atomic mass is 19.4. The largest absolute Gasteiger partial charge is 0.495 e. The molecule has 1 aromatic rings. The van der Waals surface area contributed by atoms with E-state index in [2.05, 4.69) is 0 Å². The van der Waals surface area contributed by atoms with Crippen molar-refractivity contribution in [3.63, 3.8) is 0 Å². The summed E-state index contributed by atoms with van der Waals surface area (Å²) in [6.45, 7) is 9.10. The van der Waals surface area contributed by atoms with Crippen LogP contribution in [0, 0.1) is 6.92 Å². The molecule has 23 heavy (non-hydrogen) atoms. The minimum Gasteiger partial charge on any atom is -0.399 e. The zero-order valence-corrected chi connectivity index (χ0v) is 14.2. The number of hydrogen-bond donors (Lipinski definition) is 0. The molecule has 3 rings (SSSR count). The van der Waals surface area contributed by atoms with Gasteiger partial charge < -0.3 is 9.31 Å². The Morgan fingerprint density at radius 1 is 1.04 bits per heavy atom. The fraction of sp³-hybridized carbons (Fsp3) is 0.647. The van der Waals surface area contributed by atoms with Crippen LogP contribution in [0.25, 0.3) is 0 Å². The Bertz CT molecular complexity index is 617. The molecule has 1 saturated carbocycles. The molecule has 0 aromatic heterocycles. The van der Waals surface area contributed by atoms with Gasteiger partial charge in [0.25, 0.3) is 0 Å². The number of rotatable bonds is 2. The summed E-state index contributed by atoms with van der Waals surface area (Å²) in [5, 5.41) is 0. The zero-order valence-electron chi connectivity index (χ0n) is 14.2. The van der Waals surface area contributed by atoms with Crippen LogP contribution in [-0.2, 0) is 15.5 Å². The van der Waals surface area contributed by atoms with Gasteiger partial charge in [0.1, 0.15) is 0 Å². The lowest BCUT2D eigenvalue weighted by molar-refractivity contribution is -0.138. The van der Waals surface area contributed by atoms with Gasteiger partial charge in [-0.1, -0.05) is 6.07 Å². The molecule has 2 nitrogen and oxygen atoms in total. The summed E-state index contributed by atoms with van der Waals surface area (Å²) in [6, 6.07) is 3.13. The highest BCUT2D eigenvalue weighted by Gasteiger charge is 2.52. The van der Waals surface area contributed by atoms with Crippen molar-refractivity contribution in [2.24, 2.45) is 0 Å². The van der Waals surface area contributed by atoms with E-state index >= 15 is 0 Å². The van der Waals surface area contributed by atoms with Crippen molar-refractivity contribution in [3.05, 3.63) is 28.8 Å². The van der Waals surface area contributed by atoms with Gasteiger partial charge in [0.05, 0.1) is 16.8 Å². The van der Waals surface area contributed by atoms with E-state index in [1.807, 2.05) is 33.8 Å². The van der Waals surface area contributed by atoms with Crippen LogP contribution < -0.4 is 5.46 Å². The van der Waals surface area contributed by atoms with Gasteiger partial charge in [-0.15, -0.1) is 0 Å². The van der Waals surface area contributed by atoms with Crippen LogP contribution in [0.2, 0.25) is 0 Å². The topological polar surface area (TPSA) is 18.5 Å². The van der Waals surface area contributed by atoms with E-state index in [4.69, 9.17) is 9.31 Å². The first-order valence-electron chi connectivity index (χ1n) is 8.00. The number of alkyl halides is 3. The van der Waals surface area contributed by atoms with Crippen molar-refractivity contribution in [3.8, 4) is 0 Å². The third-order valence-electron chi connectivity index (χ3n) is 5.33. The van der Waals surface area contributed by atoms with E-state index in [-0.39, 0.29) is 11.5 Å². The molecule has 0 amide bonds. The fourth-order valence-electron chi connectivity index (χ4n) is 2.92. The molecule has 126 valence electrons. The molecule has 0 spiro atoms. The lowest BCUT2D eigenvalue weighted by atomic mass is 9.73. The van der Waals surface area contributed by atoms with Gasteiger partial charge in [0.15, 0.2) is 0 Å². The van der Waals surface area contributed by atoms with Gasteiger partial charge in [0, 0.05) is 0 Å². The molecule has 1 aromatic carbocycles. The molecular weight excluding hydrogens is 304 g/mol. The van der Waals surface area contributed by atoms with Crippen LogP contribution in [0.15, 0.2) is 12.1 Å². The Balaban J connectivity index is 2.07. The van der Waals surface area contributed by atoms with Gasteiger partial charge in [-0.2, -0.15) is 13.2 Å². The Morgan fingerprint density at radius 3 is 2.00 bits per heavy atom. The minimum atomic E-state index is -4.37. The molecule has 1 saturated heterocycles. The molecule has 0 N–H and O–H groups in total. The SMILES string of the molecule is Cc1c(B2OC(C)(C)C(C)(C)O2)cc(C2CC2)cc1C(F)(F)F.